The van der Waals surface area contributed by atoms with Gasteiger partial charge in [0.15, 0.2) is 0 Å². The van der Waals surface area contributed by atoms with Gasteiger partial charge in [-0.3, -0.25) is 14.5 Å². The van der Waals surface area contributed by atoms with Gasteiger partial charge in [-0.2, -0.15) is 0 Å². The Morgan fingerprint density at radius 3 is 2.67 bits per heavy atom. The zero-order chi connectivity index (χ0) is 17.7. The van der Waals surface area contributed by atoms with E-state index in [4.69, 9.17) is 9.47 Å². The summed E-state index contributed by atoms with van der Waals surface area (Å²) in [5.41, 5.74) is -0.598. The zero-order valence-electron chi connectivity index (χ0n) is 14.7. The number of amides is 3. The van der Waals surface area contributed by atoms with Crippen LogP contribution >= 0.6 is 0 Å². The minimum absolute atomic E-state index is 0.00765. The van der Waals surface area contributed by atoms with E-state index in [0.29, 0.717) is 19.6 Å². The van der Waals surface area contributed by atoms with Crippen molar-refractivity contribution in [3.63, 3.8) is 0 Å². The Balaban J connectivity index is 1.73. The van der Waals surface area contributed by atoms with Crippen LogP contribution < -0.4 is 5.32 Å². The number of nitrogens with one attached hydrogen (secondary N) is 1. The van der Waals surface area contributed by atoms with Gasteiger partial charge in [-0.25, -0.2) is 4.79 Å². The van der Waals surface area contributed by atoms with Crippen LogP contribution in [0.2, 0.25) is 0 Å². The summed E-state index contributed by atoms with van der Waals surface area (Å²) in [5.74, 6) is -0.455. The second-order valence-electron chi connectivity index (χ2n) is 7.16. The molecular formula is C16H27N3O5. The van der Waals surface area contributed by atoms with E-state index in [1.54, 1.807) is 20.8 Å². The Bertz CT molecular complexity index is 483. The Labute approximate surface area is 142 Å². The summed E-state index contributed by atoms with van der Waals surface area (Å²) in [6.45, 7) is 7.19. The van der Waals surface area contributed by atoms with Crippen molar-refractivity contribution in [2.75, 3.05) is 39.3 Å². The van der Waals surface area contributed by atoms with Crippen LogP contribution in [0.25, 0.3) is 0 Å². The smallest absolute Gasteiger partial charge is 0.410 e. The van der Waals surface area contributed by atoms with Gasteiger partial charge >= 0.3 is 6.09 Å². The number of nitrogens with zero attached hydrogens (tertiary/aromatic N) is 2. The number of rotatable bonds is 4. The SMILES string of the molecule is CC(C)(C)OC(=O)N1CCN(CC(=O)NCC2CCCO2)C(=O)C1. The number of carbonyl (C=O) groups excluding carboxylic acids is 3. The second-order valence-corrected chi connectivity index (χ2v) is 7.16. The second kappa shape index (κ2) is 7.83. The highest BCUT2D eigenvalue weighted by Gasteiger charge is 2.31. The number of carbonyl (C=O) groups is 3. The lowest BCUT2D eigenvalue weighted by Gasteiger charge is -2.34. The minimum atomic E-state index is -0.598. The standard InChI is InChI=1S/C16H27N3O5/c1-16(2,3)24-15(22)19-7-6-18(14(21)11-19)10-13(20)17-9-12-5-4-8-23-12/h12H,4-11H2,1-3H3,(H,17,20). The van der Waals surface area contributed by atoms with Gasteiger partial charge in [-0.05, 0) is 33.6 Å². The average molecular weight is 341 g/mol. The summed E-state index contributed by atoms with van der Waals surface area (Å²) < 4.78 is 10.7. The molecule has 136 valence electrons. The molecule has 1 unspecified atom stereocenters. The Morgan fingerprint density at radius 1 is 1.33 bits per heavy atom. The molecule has 2 fully saturated rings. The summed E-state index contributed by atoms with van der Waals surface area (Å²) in [7, 11) is 0. The van der Waals surface area contributed by atoms with Crippen molar-refractivity contribution >= 4 is 17.9 Å². The molecule has 2 aliphatic rings. The summed E-state index contributed by atoms with van der Waals surface area (Å²) in [4.78, 5) is 38.9. The lowest BCUT2D eigenvalue weighted by Crippen LogP contribution is -2.55. The molecule has 0 radical (unpaired) electrons. The van der Waals surface area contributed by atoms with E-state index in [2.05, 4.69) is 5.32 Å². The lowest BCUT2D eigenvalue weighted by molar-refractivity contribution is -0.140. The first kappa shape index (κ1) is 18.5. The molecule has 2 aliphatic heterocycles. The van der Waals surface area contributed by atoms with Gasteiger partial charge in [0.05, 0.1) is 12.6 Å². The summed E-state index contributed by atoms with van der Waals surface area (Å²) in [5, 5.41) is 2.79. The lowest BCUT2D eigenvalue weighted by atomic mass is 10.2. The maximum absolute atomic E-state index is 12.1. The van der Waals surface area contributed by atoms with Crippen molar-refractivity contribution in [2.24, 2.45) is 0 Å². The maximum Gasteiger partial charge on any atom is 0.410 e. The van der Waals surface area contributed by atoms with E-state index in [9.17, 15) is 14.4 Å². The van der Waals surface area contributed by atoms with Gasteiger partial charge in [0.1, 0.15) is 12.1 Å². The summed E-state index contributed by atoms with van der Waals surface area (Å²) in [6.07, 6.45) is 1.55. The molecule has 3 amide bonds. The predicted molar refractivity (Wildman–Crippen MR) is 86.4 cm³/mol. The van der Waals surface area contributed by atoms with Gasteiger partial charge in [0.25, 0.3) is 0 Å². The number of piperazine rings is 1. The van der Waals surface area contributed by atoms with Crippen LogP contribution in [0.4, 0.5) is 4.79 Å². The van der Waals surface area contributed by atoms with E-state index in [1.807, 2.05) is 0 Å². The highest BCUT2D eigenvalue weighted by molar-refractivity contribution is 5.88. The van der Waals surface area contributed by atoms with Crippen molar-refractivity contribution in [3.05, 3.63) is 0 Å². The van der Waals surface area contributed by atoms with Crippen molar-refractivity contribution in [1.29, 1.82) is 0 Å². The zero-order valence-corrected chi connectivity index (χ0v) is 14.7. The van der Waals surface area contributed by atoms with Crippen LogP contribution in [-0.4, -0.2) is 78.7 Å². The third-order valence-electron chi connectivity index (χ3n) is 3.86. The van der Waals surface area contributed by atoms with Crippen LogP contribution in [0, 0.1) is 0 Å². The normalized spacial score (nSPS) is 21.8. The number of hydrogen-bond donors (Lipinski definition) is 1. The van der Waals surface area contributed by atoms with Crippen molar-refractivity contribution in [3.8, 4) is 0 Å². The summed E-state index contributed by atoms with van der Waals surface area (Å²) >= 11 is 0. The quantitative estimate of drug-likeness (QED) is 0.798. The molecule has 24 heavy (non-hydrogen) atoms. The highest BCUT2D eigenvalue weighted by atomic mass is 16.6. The van der Waals surface area contributed by atoms with Crippen LogP contribution in [-0.2, 0) is 19.1 Å². The van der Waals surface area contributed by atoms with Crippen molar-refractivity contribution < 1.29 is 23.9 Å². The molecule has 1 atom stereocenters. The van der Waals surface area contributed by atoms with E-state index >= 15 is 0 Å². The molecule has 0 spiro atoms. The molecule has 0 aliphatic carbocycles. The Hall–Kier alpha value is -1.83. The molecule has 0 saturated carbocycles. The third kappa shape index (κ3) is 5.67. The first-order valence-corrected chi connectivity index (χ1v) is 8.38. The third-order valence-corrected chi connectivity index (χ3v) is 3.86. The number of hydrogen-bond acceptors (Lipinski definition) is 5. The van der Waals surface area contributed by atoms with Gasteiger partial charge in [0.2, 0.25) is 11.8 Å². The first-order valence-electron chi connectivity index (χ1n) is 8.38. The molecule has 0 bridgehead atoms. The molecular weight excluding hydrogens is 314 g/mol. The fourth-order valence-electron chi connectivity index (χ4n) is 2.62. The Morgan fingerprint density at radius 2 is 2.08 bits per heavy atom. The van der Waals surface area contributed by atoms with Gasteiger partial charge in [-0.1, -0.05) is 0 Å². The van der Waals surface area contributed by atoms with Crippen molar-refractivity contribution in [1.82, 2.24) is 15.1 Å². The Kier molecular flexibility index (Phi) is 6.04. The predicted octanol–water partition coefficient (Wildman–Crippen LogP) is 0.361. The maximum atomic E-state index is 12.1. The molecule has 0 aromatic heterocycles. The van der Waals surface area contributed by atoms with Gasteiger partial charge < -0.3 is 19.7 Å². The van der Waals surface area contributed by atoms with E-state index in [-0.39, 0.29) is 31.0 Å². The fraction of sp³-hybridized carbons (Fsp3) is 0.812. The van der Waals surface area contributed by atoms with Crippen LogP contribution in [0.3, 0.4) is 0 Å². The topological polar surface area (TPSA) is 88.2 Å². The van der Waals surface area contributed by atoms with Crippen LogP contribution in [0.1, 0.15) is 33.6 Å². The average Bonchev–Trinajstić information content (AvgIpc) is 2.99. The molecule has 0 aromatic rings. The molecule has 2 heterocycles. The van der Waals surface area contributed by atoms with Gasteiger partial charge in [-0.15, -0.1) is 0 Å². The number of ether oxygens (including phenoxy) is 2. The fourth-order valence-corrected chi connectivity index (χ4v) is 2.62. The first-order chi connectivity index (χ1) is 11.2. The van der Waals surface area contributed by atoms with E-state index < -0.39 is 11.7 Å². The summed E-state index contributed by atoms with van der Waals surface area (Å²) in [6, 6.07) is 0. The largest absolute Gasteiger partial charge is 0.444 e. The molecule has 0 aromatic carbocycles. The highest BCUT2D eigenvalue weighted by Crippen LogP contribution is 2.13. The molecule has 8 nitrogen and oxygen atoms in total. The monoisotopic (exact) mass is 341 g/mol. The van der Waals surface area contributed by atoms with E-state index in [1.165, 1.54) is 9.80 Å². The van der Waals surface area contributed by atoms with Crippen LogP contribution in [0.5, 0.6) is 0 Å². The molecule has 2 saturated heterocycles. The van der Waals surface area contributed by atoms with Gasteiger partial charge in [0, 0.05) is 26.2 Å². The molecule has 2 rings (SSSR count). The minimum Gasteiger partial charge on any atom is -0.444 e. The van der Waals surface area contributed by atoms with E-state index in [0.717, 1.165) is 19.4 Å². The van der Waals surface area contributed by atoms with Crippen LogP contribution in [0.15, 0.2) is 0 Å². The molecule has 8 heteroatoms. The van der Waals surface area contributed by atoms with Crippen molar-refractivity contribution in [2.45, 2.75) is 45.3 Å². The molecule has 1 N–H and O–H groups in total.